The fourth-order valence-electron chi connectivity index (χ4n) is 7.44. The predicted molar refractivity (Wildman–Crippen MR) is 197 cm³/mol. The monoisotopic (exact) mass is 772 g/mol. The van der Waals surface area contributed by atoms with Crippen LogP contribution in [0.5, 0.6) is 11.5 Å². The lowest BCUT2D eigenvalue weighted by Crippen LogP contribution is -2.33. The van der Waals surface area contributed by atoms with E-state index in [1.54, 1.807) is 31.2 Å². The number of rotatable bonds is 8. The number of carbonyl (C=O) groups is 1. The van der Waals surface area contributed by atoms with Crippen LogP contribution in [-0.4, -0.2) is 56.4 Å². The number of alkyl halides is 3. The predicted octanol–water partition coefficient (Wildman–Crippen LogP) is 8.70. The summed E-state index contributed by atoms with van der Waals surface area (Å²) in [6.07, 6.45) is -0.776. The van der Waals surface area contributed by atoms with Crippen molar-refractivity contribution in [1.82, 2.24) is 24.6 Å². The fourth-order valence-corrected chi connectivity index (χ4v) is 7.59. The number of H-pyrrole nitrogens is 1. The van der Waals surface area contributed by atoms with E-state index in [-0.39, 0.29) is 33.3 Å². The Morgan fingerprint density at radius 1 is 1.09 bits per heavy atom. The first kappa shape index (κ1) is 35.3. The van der Waals surface area contributed by atoms with Crippen LogP contribution in [0, 0.1) is 5.82 Å². The number of nitrogens with zero attached hydrogens (tertiary/aromatic N) is 4. The van der Waals surface area contributed by atoms with E-state index in [0.29, 0.717) is 48.8 Å². The van der Waals surface area contributed by atoms with Gasteiger partial charge in [0, 0.05) is 53.8 Å². The molecule has 10 nitrogen and oxygen atoms in total. The Morgan fingerprint density at radius 3 is 2.69 bits per heavy atom. The molecule has 4 aromatic carbocycles. The lowest BCUT2D eigenvalue weighted by Gasteiger charge is -2.29. The number of fused-ring (bicyclic) bond motifs is 3. The normalized spacial score (nSPS) is 19.8. The number of ether oxygens (including phenoxy) is 3. The van der Waals surface area contributed by atoms with Crippen molar-refractivity contribution in [2.45, 2.75) is 50.9 Å². The zero-order valence-corrected chi connectivity index (χ0v) is 30.1. The molecule has 1 saturated heterocycles. The van der Waals surface area contributed by atoms with Crippen LogP contribution in [0.15, 0.2) is 78.9 Å². The van der Waals surface area contributed by atoms with Crippen molar-refractivity contribution >= 4 is 50.7 Å². The molecule has 0 radical (unpaired) electrons. The molecule has 2 unspecified atom stereocenters. The number of anilines is 1. The molecule has 282 valence electrons. The molecular formula is C40H33ClF4N6O4. The maximum absolute atomic E-state index is 14.9. The van der Waals surface area contributed by atoms with Gasteiger partial charge in [-0.2, -0.15) is 18.3 Å². The number of hydrogen-bond acceptors (Lipinski definition) is 7. The number of imidazole rings is 1. The highest BCUT2D eigenvalue weighted by atomic mass is 35.5. The first-order valence-electron chi connectivity index (χ1n) is 17.8. The minimum atomic E-state index is -4.64. The molecule has 3 aliphatic rings. The molecule has 2 atom stereocenters. The number of hydrogen-bond donors (Lipinski definition) is 2. The fraction of sp³-hybridized carbons (Fsp3) is 0.275. The number of halogens is 5. The smallest absolute Gasteiger partial charge is 0.435 e. The molecular weight excluding hydrogens is 740 g/mol. The van der Waals surface area contributed by atoms with Gasteiger partial charge >= 0.3 is 6.18 Å². The SMILES string of the molecule is CC1(c2ccc(Cl)cc2F)Oc2cccc(C3=CCN(Cc4nc5cc(C(=O)Nc6ccc7[nH]nc(C(F)(F)F)c7c6)ccc5n4CC4CCO4)CC3)c2O1. The topological polar surface area (TPSA) is 107 Å². The molecule has 0 aliphatic carbocycles. The Hall–Kier alpha value is -5.44. The van der Waals surface area contributed by atoms with Crippen molar-refractivity contribution in [1.29, 1.82) is 0 Å². The number of aromatic amines is 1. The highest BCUT2D eigenvalue weighted by Gasteiger charge is 2.42. The summed E-state index contributed by atoms with van der Waals surface area (Å²) in [4.78, 5) is 20.6. The van der Waals surface area contributed by atoms with Crippen LogP contribution in [0.4, 0.5) is 23.2 Å². The highest BCUT2D eigenvalue weighted by Crippen LogP contribution is 2.49. The Morgan fingerprint density at radius 2 is 1.95 bits per heavy atom. The summed E-state index contributed by atoms with van der Waals surface area (Å²) in [5.74, 6) is -0.427. The van der Waals surface area contributed by atoms with Gasteiger partial charge in [-0.15, -0.1) is 0 Å². The largest absolute Gasteiger partial charge is 0.444 e. The maximum atomic E-state index is 14.9. The first-order valence-corrected chi connectivity index (χ1v) is 18.2. The van der Waals surface area contributed by atoms with Crippen LogP contribution >= 0.6 is 11.6 Å². The zero-order chi connectivity index (χ0) is 38.1. The number of para-hydroxylation sites is 1. The summed E-state index contributed by atoms with van der Waals surface area (Å²) in [5.41, 5.74) is 3.39. The summed E-state index contributed by atoms with van der Waals surface area (Å²) in [6, 6.07) is 19.6. The number of benzene rings is 4. The van der Waals surface area contributed by atoms with Gasteiger partial charge in [-0.3, -0.25) is 14.8 Å². The van der Waals surface area contributed by atoms with Gasteiger partial charge < -0.3 is 24.1 Å². The van der Waals surface area contributed by atoms with Crippen LogP contribution in [-0.2, 0) is 29.8 Å². The van der Waals surface area contributed by atoms with E-state index in [1.165, 1.54) is 24.3 Å². The molecule has 3 aliphatic heterocycles. The third-order valence-corrected chi connectivity index (χ3v) is 10.6. The molecule has 15 heteroatoms. The van der Waals surface area contributed by atoms with Crippen molar-refractivity contribution < 1.29 is 36.6 Å². The Balaban J connectivity index is 0.935. The summed E-state index contributed by atoms with van der Waals surface area (Å²) >= 11 is 5.99. The summed E-state index contributed by atoms with van der Waals surface area (Å²) in [5, 5.41) is 8.65. The quantitative estimate of drug-likeness (QED) is 0.149. The van der Waals surface area contributed by atoms with Gasteiger partial charge in [0.15, 0.2) is 17.2 Å². The second-order valence-corrected chi connectivity index (χ2v) is 14.5. The average molecular weight is 773 g/mol. The van der Waals surface area contributed by atoms with Gasteiger partial charge in [-0.05, 0) is 79.1 Å². The molecule has 2 aromatic heterocycles. The van der Waals surface area contributed by atoms with Crippen molar-refractivity contribution in [3.8, 4) is 11.5 Å². The summed E-state index contributed by atoms with van der Waals surface area (Å²) < 4.78 is 75.7. The minimum absolute atomic E-state index is 0.0563. The van der Waals surface area contributed by atoms with E-state index >= 15 is 0 Å². The van der Waals surface area contributed by atoms with Crippen LogP contribution in [0.2, 0.25) is 5.02 Å². The van der Waals surface area contributed by atoms with Crippen molar-refractivity contribution in [2.24, 2.45) is 0 Å². The van der Waals surface area contributed by atoms with Crippen molar-refractivity contribution in [3.05, 3.63) is 118 Å². The van der Waals surface area contributed by atoms with E-state index < -0.39 is 29.4 Å². The van der Waals surface area contributed by atoms with E-state index in [0.717, 1.165) is 41.9 Å². The van der Waals surface area contributed by atoms with E-state index in [9.17, 15) is 22.4 Å². The first-order chi connectivity index (χ1) is 26.4. The molecule has 1 fully saturated rings. The van der Waals surface area contributed by atoms with Crippen LogP contribution < -0.4 is 14.8 Å². The molecule has 0 spiro atoms. The summed E-state index contributed by atoms with van der Waals surface area (Å²) in [7, 11) is 0. The molecule has 1 amide bonds. The number of amides is 1. The van der Waals surface area contributed by atoms with E-state index in [4.69, 9.17) is 30.8 Å². The molecule has 2 N–H and O–H groups in total. The van der Waals surface area contributed by atoms with Crippen LogP contribution in [0.1, 0.15) is 52.8 Å². The van der Waals surface area contributed by atoms with E-state index in [2.05, 4.69) is 31.1 Å². The third kappa shape index (κ3) is 6.57. The standard InChI is InChI=1S/C40H33ClF4N6O4/c1-39(29-8-6-24(41)18-30(29)42)54-34-4-2-3-27(36(34)55-39)22-11-14-50(15-12-22)21-35-47-32-17-23(5-10-33(32)51(35)20-26-13-16-53-26)38(52)46-25-7-9-31-28(19-25)37(49-48-31)40(43,44)45/h2-11,17-19,26H,12-16,20-21H2,1H3,(H,46,52)(H,48,49). The summed E-state index contributed by atoms with van der Waals surface area (Å²) in [6.45, 7) is 4.91. The maximum Gasteiger partial charge on any atom is 0.435 e. The Labute approximate surface area is 316 Å². The van der Waals surface area contributed by atoms with Gasteiger partial charge in [-0.25, -0.2) is 9.37 Å². The molecule has 55 heavy (non-hydrogen) atoms. The van der Waals surface area contributed by atoms with Crippen molar-refractivity contribution in [3.63, 3.8) is 0 Å². The molecule has 5 heterocycles. The third-order valence-electron chi connectivity index (χ3n) is 10.4. The number of aromatic nitrogens is 4. The lowest BCUT2D eigenvalue weighted by molar-refractivity contribution is -0.139. The number of nitrogens with one attached hydrogen (secondary N) is 2. The second-order valence-electron chi connectivity index (χ2n) is 14.0. The zero-order valence-electron chi connectivity index (χ0n) is 29.3. The van der Waals surface area contributed by atoms with Gasteiger partial charge in [0.1, 0.15) is 11.6 Å². The van der Waals surface area contributed by atoms with Gasteiger partial charge in [0.25, 0.3) is 11.7 Å². The Bertz CT molecular complexity index is 2530. The lowest BCUT2D eigenvalue weighted by atomic mass is 9.98. The average Bonchev–Trinajstić information content (AvgIpc) is 3.82. The molecule has 0 saturated carbocycles. The molecule has 0 bridgehead atoms. The molecule has 9 rings (SSSR count). The van der Waals surface area contributed by atoms with Crippen LogP contribution in [0.25, 0.3) is 27.5 Å². The van der Waals surface area contributed by atoms with Gasteiger partial charge in [0.2, 0.25) is 0 Å². The van der Waals surface area contributed by atoms with Gasteiger partial charge in [-0.1, -0.05) is 29.8 Å². The number of carbonyl (C=O) groups excluding carboxylic acids is 1. The Kier molecular flexibility index (Phi) is 8.59. The van der Waals surface area contributed by atoms with Crippen molar-refractivity contribution in [2.75, 3.05) is 25.0 Å². The molecule has 6 aromatic rings. The highest BCUT2D eigenvalue weighted by molar-refractivity contribution is 6.30. The minimum Gasteiger partial charge on any atom is -0.444 e. The second kappa shape index (κ2) is 13.4. The van der Waals surface area contributed by atoms with E-state index in [1.807, 2.05) is 24.3 Å². The van der Waals surface area contributed by atoms with Gasteiger partial charge in [0.05, 0.1) is 41.3 Å². The van der Waals surface area contributed by atoms with Crippen LogP contribution in [0.3, 0.4) is 0 Å².